The van der Waals surface area contributed by atoms with Crippen molar-refractivity contribution in [2.24, 2.45) is 4.99 Å². The molecule has 0 atom stereocenters. The molecule has 1 aromatic heterocycles. The van der Waals surface area contributed by atoms with E-state index in [9.17, 15) is 14.4 Å². The lowest BCUT2D eigenvalue weighted by Crippen LogP contribution is -2.49. The Balaban J connectivity index is 1.72. The monoisotopic (exact) mass is 450 g/mol. The maximum atomic E-state index is 13.5. The van der Waals surface area contributed by atoms with Crippen LogP contribution in [0.4, 0.5) is 0 Å². The lowest BCUT2D eigenvalue weighted by Gasteiger charge is -2.30. The van der Waals surface area contributed by atoms with Crippen molar-refractivity contribution in [1.82, 2.24) is 14.0 Å². The van der Waals surface area contributed by atoms with Crippen LogP contribution in [0.1, 0.15) is 26.3 Å². The van der Waals surface area contributed by atoms with Gasteiger partial charge in [-0.05, 0) is 38.5 Å². The molecule has 3 aromatic rings. The van der Waals surface area contributed by atoms with E-state index in [4.69, 9.17) is 4.99 Å². The van der Waals surface area contributed by atoms with Crippen molar-refractivity contribution in [3.05, 3.63) is 81.0 Å². The second-order valence-electron chi connectivity index (χ2n) is 8.35. The number of rotatable bonds is 5. The van der Waals surface area contributed by atoms with Crippen LogP contribution in [0, 0.1) is 0 Å². The molecule has 0 aliphatic carbocycles. The fourth-order valence-electron chi connectivity index (χ4n) is 3.94. The van der Waals surface area contributed by atoms with Gasteiger partial charge in [-0.3, -0.25) is 28.6 Å². The summed E-state index contributed by atoms with van der Waals surface area (Å²) in [6, 6.07) is 16.8. The Kier molecular flexibility index (Phi) is 6.06. The summed E-state index contributed by atoms with van der Waals surface area (Å²) in [5.74, 6) is 0.497. The third kappa shape index (κ3) is 4.02. The molecule has 4 rings (SSSR count). The highest BCUT2D eigenvalue weighted by Crippen LogP contribution is 2.33. The molecular weight excluding hydrogens is 424 g/mol. The predicted octanol–water partition coefficient (Wildman–Crippen LogP) is 3.09. The number of aliphatic imine (C=N–C) groups is 1. The third-order valence-electron chi connectivity index (χ3n) is 5.58. The fraction of sp³-hybridized carbons (Fsp3) is 0.333. The van der Waals surface area contributed by atoms with Gasteiger partial charge in [0.15, 0.2) is 5.17 Å². The number of fused-ring (bicyclic) bond motifs is 1. The van der Waals surface area contributed by atoms with E-state index >= 15 is 0 Å². The molecule has 0 spiro atoms. The Morgan fingerprint density at radius 1 is 1.03 bits per heavy atom. The minimum atomic E-state index is -0.475. The molecule has 2 aromatic carbocycles. The van der Waals surface area contributed by atoms with E-state index in [2.05, 4.69) is 0 Å². The first-order valence-electron chi connectivity index (χ1n) is 10.6. The van der Waals surface area contributed by atoms with E-state index in [1.165, 1.54) is 9.13 Å². The van der Waals surface area contributed by atoms with Crippen molar-refractivity contribution in [2.45, 2.75) is 45.9 Å². The number of nitrogens with zero attached hydrogens (tertiary/aromatic N) is 4. The standard InChI is InChI=1S/C24H26N4O3S/c1-4-26-21(30)18-12-8-9-13-19(18)27(23(26)31)15-20(29)28-22(32-16-24(28,2)3)25-14-17-10-6-5-7-11-17/h5-13H,4,14-16H2,1-3H3. The number of amidine groups is 1. The molecule has 0 unspecified atom stereocenters. The molecule has 0 bridgehead atoms. The maximum absolute atomic E-state index is 13.5. The van der Waals surface area contributed by atoms with E-state index < -0.39 is 11.2 Å². The van der Waals surface area contributed by atoms with Gasteiger partial charge in [0.05, 0.1) is 23.0 Å². The summed E-state index contributed by atoms with van der Waals surface area (Å²) in [6.45, 7) is 6.30. The van der Waals surface area contributed by atoms with Crippen molar-refractivity contribution >= 4 is 33.7 Å². The average molecular weight is 451 g/mol. The van der Waals surface area contributed by atoms with E-state index in [1.54, 1.807) is 47.9 Å². The van der Waals surface area contributed by atoms with Crippen molar-refractivity contribution in [1.29, 1.82) is 0 Å². The molecule has 7 nitrogen and oxygen atoms in total. The number of aromatic nitrogens is 2. The normalized spacial score (nSPS) is 16.7. The molecule has 1 aliphatic heterocycles. The molecule has 2 heterocycles. The number of hydrogen-bond donors (Lipinski definition) is 0. The zero-order valence-electron chi connectivity index (χ0n) is 18.4. The highest BCUT2D eigenvalue weighted by Gasteiger charge is 2.41. The van der Waals surface area contributed by atoms with Gasteiger partial charge in [0.2, 0.25) is 5.91 Å². The van der Waals surface area contributed by atoms with Crippen LogP contribution < -0.4 is 11.2 Å². The SMILES string of the molecule is CCn1c(=O)c2ccccc2n(CC(=O)N2C(=NCc3ccccc3)SCC2(C)C)c1=O. The van der Waals surface area contributed by atoms with Crippen molar-refractivity contribution < 1.29 is 4.79 Å². The summed E-state index contributed by atoms with van der Waals surface area (Å²) < 4.78 is 2.57. The smallest absolute Gasteiger partial charge is 0.284 e. The Morgan fingerprint density at radius 2 is 1.72 bits per heavy atom. The molecule has 0 N–H and O–H groups in total. The van der Waals surface area contributed by atoms with Crippen LogP contribution in [0.2, 0.25) is 0 Å². The number of carbonyl (C=O) groups excluding carboxylic acids is 1. The van der Waals surface area contributed by atoms with E-state index in [1.807, 2.05) is 44.2 Å². The Morgan fingerprint density at radius 3 is 2.44 bits per heavy atom. The summed E-state index contributed by atoms with van der Waals surface area (Å²) >= 11 is 1.55. The average Bonchev–Trinajstić information content (AvgIpc) is 3.10. The van der Waals surface area contributed by atoms with Gasteiger partial charge in [0, 0.05) is 12.3 Å². The van der Waals surface area contributed by atoms with Crippen LogP contribution in [-0.2, 0) is 24.4 Å². The van der Waals surface area contributed by atoms with Crippen LogP contribution in [0.3, 0.4) is 0 Å². The molecule has 32 heavy (non-hydrogen) atoms. The Bertz CT molecular complexity index is 1310. The first kappa shape index (κ1) is 22.1. The number of para-hydroxylation sites is 1. The maximum Gasteiger partial charge on any atom is 0.331 e. The minimum Gasteiger partial charge on any atom is -0.284 e. The van der Waals surface area contributed by atoms with Crippen molar-refractivity contribution in [3.8, 4) is 0 Å². The van der Waals surface area contributed by atoms with Gasteiger partial charge in [-0.25, -0.2) is 4.79 Å². The van der Waals surface area contributed by atoms with Crippen LogP contribution in [0.5, 0.6) is 0 Å². The first-order chi connectivity index (χ1) is 15.3. The van der Waals surface area contributed by atoms with Crippen LogP contribution in [0.15, 0.2) is 69.2 Å². The summed E-state index contributed by atoms with van der Waals surface area (Å²) in [4.78, 5) is 45.7. The molecule has 1 fully saturated rings. The van der Waals surface area contributed by atoms with E-state index in [-0.39, 0.29) is 24.6 Å². The molecule has 1 aliphatic rings. The lowest BCUT2D eigenvalue weighted by molar-refractivity contribution is -0.130. The van der Waals surface area contributed by atoms with Crippen LogP contribution in [0.25, 0.3) is 10.9 Å². The molecule has 1 amide bonds. The van der Waals surface area contributed by atoms with Crippen LogP contribution in [-0.4, -0.2) is 36.4 Å². The highest BCUT2D eigenvalue weighted by molar-refractivity contribution is 8.14. The topological polar surface area (TPSA) is 76.7 Å². The molecule has 1 saturated heterocycles. The first-order valence-corrected chi connectivity index (χ1v) is 11.6. The van der Waals surface area contributed by atoms with Gasteiger partial charge in [0.1, 0.15) is 6.54 Å². The molecule has 0 saturated carbocycles. The van der Waals surface area contributed by atoms with Crippen molar-refractivity contribution in [2.75, 3.05) is 5.75 Å². The zero-order chi connectivity index (χ0) is 22.9. The lowest BCUT2D eigenvalue weighted by atomic mass is 10.1. The molecule has 166 valence electrons. The number of benzene rings is 2. The van der Waals surface area contributed by atoms with Gasteiger partial charge in [-0.1, -0.05) is 54.2 Å². The Labute approximate surface area is 190 Å². The summed E-state index contributed by atoms with van der Waals surface area (Å²) in [5, 5.41) is 1.08. The Hall–Kier alpha value is -3.13. The number of carbonyl (C=O) groups is 1. The second-order valence-corrected chi connectivity index (χ2v) is 9.29. The van der Waals surface area contributed by atoms with Crippen LogP contribution >= 0.6 is 11.8 Å². The minimum absolute atomic E-state index is 0.159. The van der Waals surface area contributed by atoms with Gasteiger partial charge in [-0.15, -0.1) is 0 Å². The van der Waals surface area contributed by atoms with E-state index in [0.29, 0.717) is 22.6 Å². The van der Waals surface area contributed by atoms with Gasteiger partial charge < -0.3 is 0 Å². The van der Waals surface area contributed by atoms with Gasteiger partial charge in [-0.2, -0.15) is 0 Å². The highest BCUT2D eigenvalue weighted by atomic mass is 32.2. The zero-order valence-corrected chi connectivity index (χ0v) is 19.3. The number of amides is 1. The largest absolute Gasteiger partial charge is 0.331 e. The number of thioether (sulfide) groups is 1. The molecular formula is C24H26N4O3S. The quantitative estimate of drug-likeness (QED) is 0.599. The molecule has 0 radical (unpaired) electrons. The summed E-state index contributed by atoms with van der Waals surface area (Å²) in [7, 11) is 0. The number of hydrogen-bond acceptors (Lipinski definition) is 5. The second kappa shape index (κ2) is 8.78. The summed E-state index contributed by atoms with van der Waals surface area (Å²) in [5.41, 5.74) is 0.287. The van der Waals surface area contributed by atoms with Crippen molar-refractivity contribution in [3.63, 3.8) is 0 Å². The fourth-order valence-corrected chi connectivity index (χ4v) is 5.19. The van der Waals surface area contributed by atoms with Gasteiger partial charge in [0.25, 0.3) is 5.56 Å². The van der Waals surface area contributed by atoms with Gasteiger partial charge >= 0.3 is 5.69 Å². The third-order valence-corrected chi connectivity index (χ3v) is 7.00. The predicted molar refractivity (Wildman–Crippen MR) is 129 cm³/mol. The van der Waals surface area contributed by atoms with E-state index in [0.717, 1.165) is 11.3 Å². The summed E-state index contributed by atoms with van der Waals surface area (Å²) in [6.07, 6.45) is 0. The molecule has 8 heteroatoms.